The fourth-order valence-corrected chi connectivity index (χ4v) is 4.59. The van der Waals surface area contributed by atoms with E-state index >= 15 is 0 Å². The largest absolute Gasteiger partial charge is 0.461 e. The molecule has 29 heavy (non-hydrogen) atoms. The van der Waals surface area contributed by atoms with Crippen LogP contribution in [0.5, 0.6) is 0 Å². The summed E-state index contributed by atoms with van der Waals surface area (Å²) in [6.45, 7) is 7.05. The Kier molecular flexibility index (Phi) is 5.12. The number of carbonyl (C=O) groups excluding carboxylic acids is 2. The van der Waals surface area contributed by atoms with Crippen LogP contribution in [0.1, 0.15) is 69.6 Å². The summed E-state index contributed by atoms with van der Waals surface area (Å²) >= 11 is 0.988. The summed E-state index contributed by atoms with van der Waals surface area (Å²) in [5, 5.41) is 23.5. The van der Waals surface area contributed by atoms with Crippen molar-refractivity contribution in [1.29, 1.82) is 10.5 Å². The number of carbonyl (C=O) groups is 2. The van der Waals surface area contributed by atoms with E-state index in [0.717, 1.165) is 16.0 Å². The summed E-state index contributed by atoms with van der Waals surface area (Å²) in [6.07, 6.45) is 0.836. The highest BCUT2D eigenvalue weighted by Crippen LogP contribution is 2.42. The van der Waals surface area contributed by atoms with Gasteiger partial charge in [-0.25, -0.2) is 4.79 Å². The van der Waals surface area contributed by atoms with Crippen molar-refractivity contribution in [3.63, 3.8) is 0 Å². The van der Waals surface area contributed by atoms with Gasteiger partial charge in [-0.2, -0.15) is 20.3 Å². The predicted octanol–water partition coefficient (Wildman–Crippen LogP) is 2.68. The van der Waals surface area contributed by atoms with Gasteiger partial charge in [0.15, 0.2) is 11.5 Å². The van der Waals surface area contributed by atoms with E-state index in [1.54, 1.807) is 13.0 Å². The number of ether oxygens (including phenoxy) is 1. The van der Waals surface area contributed by atoms with Gasteiger partial charge in [-0.3, -0.25) is 9.59 Å². The summed E-state index contributed by atoms with van der Waals surface area (Å²) in [5.41, 5.74) is -0.630. The Balaban J connectivity index is 2.33. The second-order valence-electron chi connectivity index (χ2n) is 7.54. The molecule has 2 aromatic rings. The number of esters is 1. The van der Waals surface area contributed by atoms with Gasteiger partial charge in [-0.15, -0.1) is 11.3 Å². The van der Waals surface area contributed by atoms with Crippen LogP contribution >= 0.6 is 11.3 Å². The topological polar surface area (TPSA) is 126 Å². The molecule has 0 aromatic carbocycles. The maximum atomic E-state index is 12.9. The Morgan fingerprint density at radius 2 is 1.90 bits per heavy atom. The van der Waals surface area contributed by atoms with E-state index in [1.165, 1.54) is 6.92 Å². The third-order valence-corrected chi connectivity index (χ3v) is 6.01. The third kappa shape index (κ3) is 3.34. The summed E-state index contributed by atoms with van der Waals surface area (Å²) < 4.78 is 5.85. The molecule has 2 heterocycles. The molecule has 8 nitrogen and oxygen atoms in total. The molecule has 0 amide bonds. The molecular weight excluding hydrogens is 392 g/mol. The number of rotatable bonds is 3. The molecular formula is C20H18N4O4S. The second-order valence-corrected chi connectivity index (χ2v) is 8.54. The molecule has 0 unspecified atom stereocenters. The molecule has 2 aromatic heterocycles. The van der Waals surface area contributed by atoms with Crippen LogP contribution < -0.4 is 5.56 Å². The van der Waals surface area contributed by atoms with E-state index in [1.807, 2.05) is 13.8 Å². The fourth-order valence-electron chi connectivity index (χ4n) is 3.43. The average molecular weight is 410 g/mol. The summed E-state index contributed by atoms with van der Waals surface area (Å²) in [6, 6.07) is 3.88. The Morgan fingerprint density at radius 1 is 1.24 bits per heavy atom. The molecule has 148 valence electrons. The Bertz CT molecular complexity index is 1190. The fraction of sp³-hybridized carbons (Fsp3) is 0.400. The van der Waals surface area contributed by atoms with Crippen molar-refractivity contribution in [2.24, 2.45) is 5.41 Å². The van der Waals surface area contributed by atoms with Gasteiger partial charge in [0.05, 0.1) is 17.0 Å². The van der Waals surface area contributed by atoms with Crippen LogP contribution in [0.25, 0.3) is 5.00 Å². The van der Waals surface area contributed by atoms with Crippen molar-refractivity contribution in [1.82, 2.24) is 9.78 Å². The monoisotopic (exact) mass is 410 g/mol. The number of thiophene rings is 1. The molecule has 3 rings (SSSR count). The van der Waals surface area contributed by atoms with E-state index in [-0.39, 0.29) is 45.2 Å². The molecule has 0 atom stereocenters. The van der Waals surface area contributed by atoms with E-state index < -0.39 is 11.5 Å². The van der Waals surface area contributed by atoms with Crippen molar-refractivity contribution in [2.45, 2.75) is 40.5 Å². The van der Waals surface area contributed by atoms with Crippen LogP contribution in [-0.2, 0) is 11.2 Å². The van der Waals surface area contributed by atoms with Gasteiger partial charge in [-0.05, 0) is 31.2 Å². The highest BCUT2D eigenvalue weighted by Gasteiger charge is 2.36. The van der Waals surface area contributed by atoms with E-state index in [0.29, 0.717) is 23.3 Å². The lowest BCUT2D eigenvalue weighted by atomic mass is 9.75. The SMILES string of the molecule is CCOC(=O)c1nn(-c2sc3c(c2C#N)CC(C)(C)CC3=O)c(=O)c(C#N)c1C. The molecule has 0 bridgehead atoms. The van der Waals surface area contributed by atoms with Crippen LogP contribution in [0.4, 0.5) is 0 Å². The van der Waals surface area contributed by atoms with Crippen LogP contribution in [0.3, 0.4) is 0 Å². The molecule has 0 spiro atoms. The maximum absolute atomic E-state index is 12.9. The molecule has 1 aliphatic carbocycles. The number of ketones is 1. The molecule has 0 aliphatic heterocycles. The zero-order valence-electron chi connectivity index (χ0n) is 16.5. The van der Waals surface area contributed by atoms with Crippen molar-refractivity contribution < 1.29 is 14.3 Å². The number of nitriles is 2. The van der Waals surface area contributed by atoms with Crippen LogP contribution in [0.15, 0.2) is 4.79 Å². The first-order valence-corrected chi connectivity index (χ1v) is 9.77. The lowest BCUT2D eigenvalue weighted by Gasteiger charge is -2.28. The van der Waals surface area contributed by atoms with Gasteiger partial charge >= 0.3 is 5.97 Å². The van der Waals surface area contributed by atoms with Crippen molar-refractivity contribution in [3.8, 4) is 17.1 Å². The zero-order valence-corrected chi connectivity index (χ0v) is 17.3. The van der Waals surface area contributed by atoms with Crippen molar-refractivity contribution in [3.05, 3.63) is 43.2 Å². The summed E-state index contributed by atoms with van der Waals surface area (Å²) in [4.78, 5) is 38.2. The first-order valence-electron chi connectivity index (χ1n) is 8.95. The quantitative estimate of drug-likeness (QED) is 0.712. The molecule has 0 radical (unpaired) electrons. The minimum Gasteiger partial charge on any atom is -0.461 e. The Hall–Kier alpha value is -3.30. The van der Waals surface area contributed by atoms with Gasteiger partial charge in [-0.1, -0.05) is 13.8 Å². The first-order chi connectivity index (χ1) is 13.6. The van der Waals surface area contributed by atoms with E-state index in [4.69, 9.17) is 4.74 Å². The highest BCUT2D eigenvalue weighted by molar-refractivity contribution is 7.17. The lowest BCUT2D eigenvalue weighted by Crippen LogP contribution is -2.29. The van der Waals surface area contributed by atoms with Gasteiger partial charge in [0, 0.05) is 12.0 Å². The van der Waals surface area contributed by atoms with Gasteiger partial charge in [0.1, 0.15) is 22.7 Å². The van der Waals surface area contributed by atoms with Gasteiger partial charge in [0.2, 0.25) is 0 Å². The van der Waals surface area contributed by atoms with E-state index in [2.05, 4.69) is 11.2 Å². The normalized spacial score (nSPS) is 14.6. The Morgan fingerprint density at radius 3 is 2.48 bits per heavy atom. The number of aromatic nitrogens is 2. The number of nitrogens with zero attached hydrogens (tertiary/aromatic N) is 4. The Labute approximate surface area is 171 Å². The smallest absolute Gasteiger partial charge is 0.359 e. The first kappa shape index (κ1) is 20.4. The molecule has 1 aliphatic rings. The number of hydrogen-bond donors (Lipinski definition) is 0. The molecule has 0 saturated carbocycles. The molecule has 0 fully saturated rings. The van der Waals surface area contributed by atoms with Crippen LogP contribution in [0.2, 0.25) is 0 Å². The number of fused-ring (bicyclic) bond motifs is 1. The van der Waals surface area contributed by atoms with Gasteiger partial charge in [0.25, 0.3) is 5.56 Å². The van der Waals surface area contributed by atoms with Crippen molar-refractivity contribution >= 4 is 23.1 Å². The number of Topliss-reactive ketones (excluding diaryl/α,β-unsaturated/α-hetero) is 1. The van der Waals surface area contributed by atoms with Crippen LogP contribution in [0, 0.1) is 35.0 Å². The third-order valence-electron chi connectivity index (χ3n) is 4.76. The molecule has 0 N–H and O–H groups in total. The zero-order chi connectivity index (χ0) is 21.5. The lowest BCUT2D eigenvalue weighted by molar-refractivity contribution is 0.0516. The summed E-state index contributed by atoms with van der Waals surface area (Å²) in [7, 11) is 0. The maximum Gasteiger partial charge on any atom is 0.359 e. The summed E-state index contributed by atoms with van der Waals surface area (Å²) in [5.74, 6) is -0.873. The van der Waals surface area contributed by atoms with E-state index in [9.17, 15) is 24.9 Å². The number of hydrogen-bond acceptors (Lipinski definition) is 8. The van der Waals surface area contributed by atoms with Gasteiger partial charge < -0.3 is 4.74 Å². The second kappa shape index (κ2) is 7.26. The predicted molar refractivity (Wildman–Crippen MR) is 104 cm³/mol. The molecule has 0 saturated heterocycles. The van der Waals surface area contributed by atoms with Crippen molar-refractivity contribution in [2.75, 3.05) is 6.61 Å². The minimum atomic E-state index is -0.771. The average Bonchev–Trinajstić information content (AvgIpc) is 2.99. The standard InChI is InChI=1S/C20H18N4O4S/c1-5-28-19(27)15-10(2)12(8-21)17(26)24(23-15)18-13(9-22)11-6-20(3,4)7-14(25)16(11)29-18/h5-7H2,1-4H3. The molecule has 9 heteroatoms. The van der Waals surface area contributed by atoms with Crippen LogP contribution in [-0.4, -0.2) is 28.1 Å². The minimum absolute atomic E-state index is 0.0985. The highest BCUT2D eigenvalue weighted by atomic mass is 32.1.